The quantitative estimate of drug-likeness (QED) is 0.298. The molecule has 1 aromatic carbocycles. The third kappa shape index (κ3) is 6.11. The van der Waals surface area contributed by atoms with Gasteiger partial charge in [0.2, 0.25) is 0 Å². The van der Waals surface area contributed by atoms with E-state index in [4.69, 9.17) is 4.74 Å². The van der Waals surface area contributed by atoms with Gasteiger partial charge in [-0.1, -0.05) is 44.7 Å². The number of allylic oxidation sites excluding steroid dienone is 1. The zero-order valence-corrected chi connectivity index (χ0v) is 15.0. The normalized spacial score (nSPS) is 11.0. The minimum absolute atomic E-state index is 0.0439. The van der Waals surface area contributed by atoms with E-state index in [0.29, 0.717) is 17.6 Å². The molecule has 4 heteroatoms. The number of ketones is 2. The van der Waals surface area contributed by atoms with Crippen LogP contribution in [0.4, 0.5) is 0 Å². The van der Waals surface area contributed by atoms with Gasteiger partial charge in [0.1, 0.15) is 0 Å². The predicted octanol–water partition coefficient (Wildman–Crippen LogP) is 3.93. The van der Waals surface area contributed by atoms with Gasteiger partial charge in [-0.05, 0) is 43.2 Å². The zero-order chi connectivity index (χ0) is 18.3. The van der Waals surface area contributed by atoms with E-state index in [0.717, 1.165) is 18.4 Å². The standard InChI is InChI=1S/C20H26O4/c1-6-24-19(23)18(22)16-9-7-15(8-10-16)13-20(4,5)12-11-17(21)14(2)3/h7-10H,2,6,11-13H2,1,3-5H3. The van der Waals surface area contributed by atoms with Crippen molar-refractivity contribution in [2.45, 2.75) is 47.0 Å². The molecule has 0 aliphatic carbocycles. The lowest BCUT2D eigenvalue weighted by molar-refractivity contribution is -0.137. The maximum Gasteiger partial charge on any atom is 0.379 e. The first kappa shape index (κ1) is 19.8. The van der Waals surface area contributed by atoms with Gasteiger partial charge in [-0.3, -0.25) is 9.59 Å². The fourth-order valence-corrected chi connectivity index (χ4v) is 2.39. The fraction of sp³-hybridized carbons (Fsp3) is 0.450. The summed E-state index contributed by atoms with van der Waals surface area (Å²) >= 11 is 0. The van der Waals surface area contributed by atoms with E-state index in [2.05, 4.69) is 20.4 Å². The topological polar surface area (TPSA) is 60.4 Å². The summed E-state index contributed by atoms with van der Waals surface area (Å²) in [5, 5.41) is 0. The number of Topliss-reactive ketones (excluding diaryl/α,β-unsaturated/α-hetero) is 2. The van der Waals surface area contributed by atoms with E-state index in [1.54, 1.807) is 26.0 Å². The average molecular weight is 330 g/mol. The molecule has 0 saturated carbocycles. The molecule has 0 atom stereocenters. The van der Waals surface area contributed by atoms with Crippen LogP contribution in [0, 0.1) is 5.41 Å². The van der Waals surface area contributed by atoms with Gasteiger partial charge in [0.15, 0.2) is 5.78 Å². The number of carbonyl (C=O) groups excluding carboxylic acids is 3. The summed E-state index contributed by atoms with van der Waals surface area (Å²) in [6.07, 6.45) is 2.04. The fourth-order valence-electron chi connectivity index (χ4n) is 2.39. The Bertz CT molecular complexity index is 624. The summed E-state index contributed by atoms with van der Waals surface area (Å²) in [6.45, 7) is 11.5. The first-order valence-electron chi connectivity index (χ1n) is 8.15. The third-order valence-corrected chi connectivity index (χ3v) is 3.86. The van der Waals surface area contributed by atoms with Crippen molar-refractivity contribution >= 4 is 17.5 Å². The van der Waals surface area contributed by atoms with Gasteiger partial charge < -0.3 is 4.74 Å². The van der Waals surface area contributed by atoms with Crippen molar-refractivity contribution in [2.24, 2.45) is 5.41 Å². The van der Waals surface area contributed by atoms with Gasteiger partial charge in [0.05, 0.1) is 6.61 Å². The molecule has 0 aliphatic rings. The Balaban J connectivity index is 2.69. The van der Waals surface area contributed by atoms with Crippen LogP contribution >= 0.6 is 0 Å². The summed E-state index contributed by atoms with van der Waals surface area (Å²) in [7, 11) is 0. The van der Waals surface area contributed by atoms with Gasteiger partial charge in [-0.15, -0.1) is 0 Å². The molecule has 1 aromatic rings. The van der Waals surface area contributed by atoms with Crippen LogP contribution in [-0.2, 0) is 20.7 Å². The first-order chi connectivity index (χ1) is 11.2. The Labute approximate surface area is 143 Å². The van der Waals surface area contributed by atoms with Gasteiger partial charge in [-0.2, -0.15) is 0 Å². The molecule has 1 rings (SSSR count). The monoisotopic (exact) mass is 330 g/mol. The van der Waals surface area contributed by atoms with Crippen molar-refractivity contribution in [3.8, 4) is 0 Å². The molecule has 0 amide bonds. The molecule has 130 valence electrons. The van der Waals surface area contributed by atoms with Crippen LogP contribution in [0.1, 0.15) is 56.5 Å². The van der Waals surface area contributed by atoms with E-state index in [-0.39, 0.29) is 17.8 Å². The number of esters is 1. The van der Waals surface area contributed by atoms with E-state index in [9.17, 15) is 14.4 Å². The van der Waals surface area contributed by atoms with Gasteiger partial charge in [-0.25, -0.2) is 4.79 Å². The second kappa shape index (κ2) is 8.57. The van der Waals surface area contributed by atoms with Crippen LogP contribution in [0.15, 0.2) is 36.4 Å². The lowest BCUT2D eigenvalue weighted by Crippen LogP contribution is -2.18. The molecule has 0 aromatic heterocycles. The van der Waals surface area contributed by atoms with E-state index < -0.39 is 11.8 Å². The Morgan fingerprint density at radius 1 is 1.12 bits per heavy atom. The van der Waals surface area contributed by atoms with Crippen molar-refractivity contribution in [3.05, 3.63) is 47.5 Å². The molecule has 0 saturated heterocycles. The molecule has 4 nitrogen and oxygen atoms in total. The van der Waals surface area contributed by atoms with Gasteiger partial charge >= 0.3 is 5.97 Å². The van der Waals surface area contributed by atoms with Crippen LogP contribution < -0.4 is 0 Å². The van der Waals surface area contributed by atoms with Crippen LogP contribution in [0.5, 0.6) is 0 Å². The second-order valence-corrected chi connectivity index (χ2v) is 6.79. The Kier molecular flexibility index (Phi) is 7.08. The Hall–Kier alpha value is -2.23. The van der Waals surface area contributed by atoms with Crippen molar-refractivity contribution < 1.29 is 19.1 Å². The van der Waals surface area contributed by atoms with Crippen molar-refractivity contribution in [2.75, 3.05) is 6.61 Å². The lowest BCUT2D eigenvalue weighted by atomic mass is 9.80. The molecule has 0 aliphatic heterocycles. The summed E-state index contributed by atoms with van der Waals surface area (Å²) in [5.41, 5.74) is 1.93. The largest absolute Gasteiger partial charge is 0.460 e. The van der Waals surface area contributed by atoms with Crippen molar-refractivity contribution in [3.63, 3.8) is 0 Å². The first-order valence-corrected chi connectivity index (χ1v) is 8.15. The number of ether oxygens (including phenoxy) is 1. The minimum atomic E-state index is -0.830. The highest BCUT2D eigenvalue weighted by Crippen LogP contribution is 2.28. The number of hydrogen-bond donors (Lipinski definition) is 0. The number of benzene rings is 1. The average Bonchev–Trinajstić information content (AvgIpc) is 2.52. The molecule has 0 bridgehead atoms. The molecule has 24 heavy (non-hydrogen) atoms. The van der Waals surface area contributed by atoms with Gasteiger partial charge in [0, 0.05) is 12.0 Å². The molecular weight excluding hydrogens is 304 g/mol. The molecule has 0 heterocycles. The van der Waals surface area contributed by atoms with Gasteiger partial charge in [0.25, 0.3) is 5.78 Å². The highest BCUT2D eigenvalue weighted by Gasteiger charge is 2.21. The molecule has 0 N–H and O–H groups in total. The molecule has 0 radical (unpaired) electrons. The van der Waals surface area contributed by atoms with E-state index in [1.807, 2.05) is 12.1 Å². The third-order valence-electron chi connectivity index (χ3n) is 3.86. The second-order valence-electron chi connectivity index (χ2n) is 6.79. The highest BCUT2D eigenvalue weighted by atomic mass is 16.5. The van der Waals surface area contributed by atoms with Crippen LogP contribution in [0.3, 0.4) is 0 Å². The van der Waals surface area contributed by atoms with Crippen LogP contribution in [-0.4, -0.2) is 24.1 Å². The molecular formula is C20H26O4. The lowest BCUT2D eigenvalue weighted by Gasteiger charge is -2.24. The zero-order valence-electron chi connectivity index (χ0n) is 15.0. The Morgan fingerprint density at radius 2 is 1.71 bits per heavy atom. The summed E-state index contributed by atoms with van der Waals surface area (Å²) in [5.74, 6) is -1.36. The van der Waals surface area contributed by atoms with Crippen LogP contribution in [0.2, 0.25) is 0 Å². The molecule has 0 unspecified atom stereocenters. The van der Waals surface area contributed by atoms with E-state index >= 15 is 0 Å². The summed E-state index contributed by atoms with van der Waals surface area (Å²) in [6, 6.07) is 6.97. The van der Waals surface area contributed by atoms with Crippen molar-refractivity contribution in [1.29, 1.82) is 0 Å². The van der Waals surface area contributed by atoms with Crippen molar-refractivity contribution in [1.82, 2.24) is 0 Å². The minimum Gasteiger partial charge on any atom is -0.460 e. The maximum absolute atomic E-state index is 11.9. The van der Waals surface area contributed by atoms with E-state index in [1.165, 1.54) is 0 Å². The maximum atomic E-state index is 11.9. The summed E-state index contributed by atoms with van der Waals surface area (Å²) < 4.78 is 4.72. The molecule has 0 spiro atoms. The SMILES string of the molecule is C=C(C)C(=O)CCC(C)(C)Cc1ccc(C(=O)C(=O)OCC)cc1. The predicted molar refractivity (Wildman–Crippen MR) is 93.9 cm³/mol. The number of rotatable bonds is 9. The summed E-state index contributed by atoms with van der Waals surface area (Å²) in [4.78, 5) is 35.0. The number of carbonyl (C=O) groups is 3. The van der Waals surface area contributed by atoms with Crippen LogP contribution in [0.25, 0.3) is 0 Å². The smallest absolute Gasteiger partial charge is 0.379 e. The molecule has 0 fully saturated rings. The Morgan fingerprint density at radius 3 is 2.21 bits per heavy atom. The number of hydrogen-bond acceptors (Lipinski definition) is 4. The highest BCUT2D eigenvalue weighted by molar-refractivity contribution is 6.40.